The highest BCUT2D eigenvalue weighted by atomic mass is 16.5. The molecule has 0 aliphatic carbocycles. The Morgan fingerprint density at radius 2 is 1.96 bits per heavy atom. The molecule has 0 aliphatic heterocycles. The van der Waals surface area contributed by atoms with Crippen LogP contribution in [0.5, 0.6) is 5.75 Å². The number of hydrogen-bond donors (Lipinski definition) is 1. The molecule has 116 valence electrons. The number of nitrogens with zero attached hydrogens (tertiary/aromatic N) is 2. The molecule has 0 spiro atoms. The van der Waals surface area contributed by atoms with Gasteiger partial charge in [-0.15, -0.1) is 0 Å². The lowest BCUT2D eigenvalue weighted by atomic mass is 10.1. The standard InChI is InChI=1S/C19H19N3O/c1-3-23-16-9-10-18-17(12-16)19(11-14(2)21-18)22-20-13-15-7-5-4-6-8-15/h4-13H,3H2,1-2H3,(H,21,22)/b20-13+. The zero-order valence-electron chi connectivity index (χ0n) is 13.3. The van der Waals surface area contributed by atoms with E-state index in [-0.39, 0.29) is 0 Å². The first-order valence-electron chi connectivity index (χ1n) is 7.64. The van der Waals surface area contributed by atoms with Crippen LogP contribution in [0.1, 0.15) is 18.2 Å². The fraction of sp³-hybridized carbons (Fsp3) is 0.158. The molecule has 1 N–H and O–H groups in total. The Morgan fingerprint density at radius 3 is 2.74 bits per heavy atom. The third-order valence-electron chi connectivity index (χ3n) is 3.42. The topological polar surface area (TPSA) is 46.5 Å². The second kappa shape index (κ2) is 6.92. The summed E-state index contributed by atoms with van der Waals surface area (Å²) in [6.07, 6.45) is 1.80. The van der Waals surface area contributed by atoms with Crippen molar-refractivity contribution in [2.24, 2.45) is 5.10 Å². The van der Waals surface area contributed by atoms with E-state index in [4.69, 9.17) is 4.74 Å². The van der Waals surface area contributed by atoms with Gasteiger partial charge in [-0.2, -0.15) is 5.10 Å². The Kier molecular flexibility index (Phi) is 4.52. The number of benzene rings is 2. The van der Waals surface area contributed by atoms with Crippen LogP contribution in [-0.2, 0) is 0 Å². The predicted molar refractivity (Wildman–Crippen MR) is 95.3 cm³/mol. The van der Waals surface area contributed by atoms with Crippen LogP contribution in [0.25, 0.3) is 10.9 Å². The Bertz CT molecular complexity index is 829. The lowest BCUT2D eigenvalue weighted by molar-refractivity contribution is 0.340. The van der Waals surface area contributed by atoms with Crippen molar-refractivity contribution in [1.82, 2.24) is 4.98 Å². The lowest BCUT2D eigenvalue weighted by Gasteiger charge is -2.09. The molecule has 4 heteroatoms. The number of rotatable bonds is 5. The number of anilines is 1. The van der Waals surface area contributed by atoms with Gasteiger partial charge in [0.2, 0.25) is 0 Å². The number of ether oxygens (including phenoxy) is 1. The fourth-order valence-electron chi connectivity index (χ4n) is 2.40. The highest BCUT2D eigenvalue weighted by Gasteiger charge is 2.05. The van der Waals surface area contributed by atoms with Crippen LogP contribution < -0.4 is 10.2 Å². The zero-order valence-corrected chi connectivity index (χ0v) is 13.3. The molecule has 3 rings (SSSR count). The molecular formula is C19H19N3O. The zero-order chi connectivity index (χ0) is 16.1. The van der Waals surface area contributed by atoms with E-state index in [0.717, 1.165) is 33.6 Å². The molecule has 3 aromatic rings. The van der Waals surface area contributed by atoms with Gasteiger partial charge in [0.1, 0.15) is 5.75 Å². The Morgan fingerprint density at radius 1 is 1.13 bits per heavy atom. The van der Waals surface area contributed by atoms with Crippen molar-refractivity contribution < 1.29 is 4.74 Å². The minimum atomic E-state index is 0.639. The van der Waals surface area contributed by atoms with Crippen molar-refractivity contribution in [3.8, 4) is 5.75 Å². The van der Waals surface area contributed by atoms with Gasteiger partial charge in [0.15, 0.2) is 0 Å². The van der Waals surface area contributed by atoms with Crippen LogP contribution >= 0.6 is 0 Å². The largest absolute Gasteiger partial charge is 0.494 e. The number of nitrogens with one attached hydrogen (secondary N) is 1. The van der Waals surface area contributed by atoms with Crippen molar-refractivity contribution in [1.29, 1.82) is 0 Å². The molecule has 2 aromatic carbocycles. The quantitative estimate of drug-likeness (QED) is 0.562. The SMILES string of the molecule is CCOc1ccc2nc(C)cc(N/N=C/c3ccccc3)c2c1. The molecule has 1 heterocycles. The van der Waals surface area contributed by atoms with Gasteiger partial charge in [-0.3, -0.25) is 10.4 Å². The average Bonchev–Trinajstić information content (AvgIpc) is 2.56. The van der Waals surface area contributed by atoms with Crippen LogP contribution in [0.3, 0.4) is 0 Å². The molecule has 4 nitrogen and oxygen atoms in total. The van der Waals surface area contributed by atoms with Crippen LogP contribution in [-0.4, -0.2) is 17.8 Å². The number of fused-ring (bicyclic) bond motifs is 1. The number of aromatic nitrogens is 1. The summed E-state index contributed by atoms with van der Waals surface area (Å²) in [6.45, 7) is 4.59. The second-order valence-corrected chi connectivity index (χ2v) is 5.20. The maximum atomic E-state index is 5.58. The number of hydrazone groups is 1. The van der Waals surface area contributed by atoms with E-state index in [9.17, 15) is 0 Å². The van der Waals surface area contributed by atoms with Gasteiger partial charge in [-0.05, 0) is 43.7 Å². The fourth-order valence-corrected chi connectivity index (χ4v) is 2.40. The maximum Gasteiger partial charge on any atom is 0.120 e. The summed E-state index contributed by atoms with van der Waals surface area (Å²) in [7, 11) is 0. The van der Waals surface area contributed by atoms with Crippen molar-refractivity contribution >= 4 is 22.8 Å². The third-order valence-corrected chi connectivity index (χ3v) is 3.42. The molecule has 0 fully saturated rings. The van der Waals surface area contributed by atoms with Crippen LogP contribution in [0, 0.1) is 6.92 Å². The van der Waals surface area contributed by atoms with Gasteiger partial charge in [0.05, 0.1) is 24.0 Å². The summed E-state index contributed by atoms with van der Waals surface area (Å²) in [5.74, 6) is 0.834. The molecule has 0 saturated heterocycles. The average molecular weight is 305 g/mol. The highest BCUT2D eigenvalue weighted by molar-refractivity contribution is 5.93. The van der Waals surface area contributed by atoms with E-state index in [0.29, 0.717) is 6.61 Å². The molecule has 0 unspecified atom stereocenters. The van der Waals surface area contributed by atoms with Crippen molar-refractivity contribution in [2.45, 2.75) is 13.8 Å². The molecule has 0 bridgehead atoms. The van der Waals surface area contributed by atoms with Crippen molar-refractivity contribution in [3.05, 3.63) is 65.9 Å². The van der Waals surface area contributed by atoms with Crippen LogP contribution in [0.2, 0.25) is 0 Å². The first kappa shape index (κ1) is 15.0. The first-order valence-corrected chi connectivity index (χ1v) is 7.64. The summed E-state index contributed by atoms with van der Waals surface area (Å²) in [6, 6.07) is 17.9. The van der Waals surface area contributed by atoms with Crippen LogP contribution in [0.15, 0.2) is 59.7 Å². The molecule has 0 radical (unpaired) electrons. The van der Waals surface area contributed by atoms with E-state index < -0.39 is 0 Å². The normalized spacial score (nSPS) is 11.0. The molecule has 0 aliphatic rings. The maximum absolute atomic E-state index is 5.58. The van der Waals surface area contributed by atoms with Gasteiger partial charge in [0, 0.05) is 11.1 Å². The van der Waals surface area contributed by atoms with E-state index in [1.807, 2.05) is 68.4 Å². The second-order valence-electron chi connectivity index (χ2n) is 5.20. The van der Waals surface area contributed by atoms with Gasteiger partial charge in [-0.25, -0.2) is 0 Å². The van der Waals surface area contributed by atoms with E-state index >= 15 is 0 Å². The van der Waals surface area contributed by atoms with E-state index in [1.54, 1.807) is 6.21 Å². The smallest absolute Gasteiger partial charge is 0.120 e. The monoisotopic (exact) mass is 305 g/mol. The number of aryl methyl sites for hydroxylation is 1. The number of pyridine rings is 1. The Balaban J connectivity index is 1.92. The summed E-state index contributed by atoms with van der Waals surface area (Å²) >= 11 is 0. The molecule has 0 saturated carbocycles. The summed E-state index contributed by atoms with van der Waals surface area (Å²) in [5.41, 5.74) is 6.95. The summed E-state index contributed by atoms with van der Waals surface area (Å²) in [4.78, 5) is 4.56. The third kappa shape index (κ3) is 3.66. The van der Waals surface area contributed by atoms with Gasteiger partial charge in [0.25, 0.3) is 0 Å². The highest BCUT2D eigenvalue weighted by Crippen LogP contribution is 2.27. The minimum Gasteiger partial charge on any atom is -0.494 e. The molecule has 1 aromatic heterocycles. The number of hydrogen-bond acceptors (Lipinski definition) is 4. The minimum absolute atomic E-state index is 0.639. The van der Waals surface area contributed by atoms with Gasteiger partial charge >= 0.3 is 0 Å². The molecular weight excluding hydrogens is 286 g/mol. The van der Waals surface area contributed by atoms with Gasteiger partial charge < -0.3 is 4.74 Å². The molecule has 0 amide bonds. The van der Waals surface area contributed by atoms with Gasteiger partial charge in [-0.1, -0.05) is 30.3 Å². The Hall–Kier alpha value is -2.88. The summed E-state index contributed by atoms with van der Waals surface area (Å²) < 4.78 is 5.58. The van der Waals surface area contributed by atoms with Crippen LogP contribution in [0.4, 0.5) is 5.69 Å². The molecule has 23 heavy (non-hydrogen) atoms. The lowest BCUT2D eigenvalue weighted by Crippen LogP contribution is -1.96. The van der Waals surface area contributed by atoms with E-state index in [2.05, 4.69) is 15.5 Å². The predicted octanol–water partition coefficient (Wildman–Crippen LogP) is 4.39. The Labute approximate surface area is 135 Å². The first-order chi connectivity index (χ1) is 11.3. The molecule has 0 atom stereocenters. The van der Waals surface area contributed by atoms with E-state index in [1.165, 1.54) is 0 Å². The summed E-state index contributed by atoms with van der Waals surface area (Å²) in [5, 5.41) is 5.33. The van der Waals surface area contributed by atoms with Crippen molar-refractivity contribution in [3.63, 3.8) is 0 Å². The van der Waals surface area contributed by atoms with Crippen molar-refractivity contribution in [2.75, 3.05) is 12.0 Å².